The molecule has 0 amide bonds. The van der Waals surface area contributed by atoms with Crippen LogP contribution in [0.25, 0.3) is 0 Å². The molecule has 0 aromatic carbocycles. The van der Waals surface area contributed by atoms with Crippen LogP contribution in [0.5, 0.6) is 0 Å². The quantitative estimate of drug-likeness (QED) is 0.605. The molecule has 0 radical (unpaired) electrons. The maximum absolute atomic E-state index is 5.32. The lowest BCUT2D eigenvalue weighted by Crippen LogP contribution is -2.41. The van der Waals surface area contributed by atoms with Gasteiger partial charge in [-0.05, 0) is 32.0 Å². The van der Waals surface area contributed by atoms with Crippen molar-refractivity contribution in [3.05, 3.63) is 0 Å². The Kier molecular flexibility index (Phi) is 4.86. The van der Waals surface area contributed by atoms with Crippen molar-refractivity contribution >= 4 is 0 Å². The van der Waals surface area contributed by atoms with Gasteiger partial charge in [0.1, 0.15) is 0 Å². The predicted molar refractivity (Wildman–Crippen MR) is 61.1 cm³/mol. The molecule has 2 aliphatic heterocycles. The van der Waals surface area contributed by atoms with Gasteiger partial charge in [0.2, 0.25) is 0 Å². The van der Waals surface area contributed by atoms with Crippen LogP contribution in [0.1, 0.15) is 6.42 Å². The Hall–Kier alpha value is -0.160. The van der Waals surface area contributed by atoms with E-state index in [1.165, 1.54) is 32.6 Å². The van der Waals surface area contributed by atoms with Gasteiger partial charge in [-0.3, -0.25) is 4.90 Å². The van der Waals surface area contributed by atoms with E-state index < -0.39 is 0 Å². The minimum atomic E-state index is 0.856. The Morgan fingerprint density at radius 2 is 2.20 bits per heavy atom. The van der Waals surface area contributed by atoms with Crippen LogP contribution in [0.15, 0.2) is 0 Å². The van der Waals surface area contributed by atoms with Crippen molar-refractivity contribution in [2.75, 3.05) is 59.0 Å². The van der Waals surface area contributed by atoms with Gasteiger partial charge in [0.15, 0.2) is 0 Å². The molecule has 4 nitrogen and oxygen atoms in total. The summed E-state index contributed by atoms with van der Waals surface area (Å²) in [5, 5.41) is 6.95. The zero-order valence-electron chi connectivity index (χ0n) is 9.50. The number of rotatable bonds is 5. The van der Waals surface area contributed by atoms with Crippen molar-refractivity contribution in [1.82, 2.24) is 15.5 Å². The monoisotopic (exact) mass is 213 g/mol. The molecule has 4 heteroatoms. The van der Waals surface area contributed by atoms with Gasteiger partial charge in [-0.15, -0.1) is 0 Å². The van der Waals surface area contributed by atoms with Gasteiger partial charge < -0.3 is 15.4 Å². The van der Waals surface area contributed by atoms with Gasteiger partial charge in [0, 0.05) is 26.2 Å². The third-order valence-corrected chi connectivity index (χ3v) is 3.30. The van der Waals surface area contributed by atoms with E-state index in [4.69, 9.17) is 4.74 Å². The van der Waals surface area contributed by atoms with Crippen molar-refractivity contribution in [1.29, 1.82) is 0 Å². The van der Waals surface area contributed by atoms with Crippen LogP contribution < -0.4 is 10.6 Å². The van der Waals surface area contributed by atoms with E-state index in [2.05, 4.69) is 15.5 Å². The van der Waals surface area contributed by atoms with Gasteiger partial charge in [0.25, 0.3) is 0 Å². The summed E-state index contributed by atoms with van der Waals surface area (Å²) in [5.41, 5.74) is 0. The Morgan fingerprint density at radius 3 is 2.93 bits per heavy atom. The Balaban J connectivity index is 1.47. The van der Waals surface area contributed by atoms with E-state index in [0.29, 0.717) is 0 Å². The fourth-order valence-corrected chi connectivity index (χ4v) is 2.26. The van der Waals surface area contributed by atoms with E-state index in [0.717, 1.165) is 38.8 Å². The molecule has 0 bridgehead atoms. The van der Waals surface area contributed by atoms with Gasteiger partial charge >= 0.3 is 0 Å². The van der Waals surface area contributed by atoms with E-state index in [9.17, 15) is 0 Å². The van der Waals surface area contributed by atoms with Crippen LogP contribution in [0.3, 0.4) is 0 Å². The highest BCUT2D eigenvalue weighted by atomic mass is 16.5. The molecule has 2 rings (SSSR count). The SMILES string of the molecule is C1CC(CNCCN2CCOCC2)CN1. The average Bonchev–Trinajstić information content (AvgIpc) is 2.79. The summed E-state index contributed by atoms with van der Waals surface area (Å²) >= 11 is 0. The summed E-state index contributed by atoms with van der Waals surface area (Å²) in [4.78, 5) is 2.48. The predicted octanol–water partition coefficient (Wildman–Crippen LogP) is -0.482. The molecule has 1 unspecified atom stereocenters. The Morgan fingerprint density at radius 1 is 1.33 bits per heavy atom. The second kappa shape index (κ2) is 6.43. The first-order valence-electron chi connectivity index (χ1n) is 6.16. The van der Waals surface area contributed by atoms with Crippen molar-refractivity contribution < 1.29 is 4.74 Å². The molecule has 1 atom stereocenters. The maximum Gasteiger partial charge on any atom is 0.0594 e. The maximum atomic E-state index is 5.32. The molecular formula is C11H23N3O. The number of hydrogen-bond acceptors (Lipinski definition) is 4. The molecule has 2 heterocycles. The summed E-state index contributed by atoms with van der Waals surface area (Å²) in [7, 11) is 0. The third kappa shape index (κ3) is 4.07. The zero-order valence-corrected chi connectivity index (χ0v) is 9.50. The van der Waals surface area contributed by atoms with Crippen molar-refractivity contribution in [3.8, 4) is 0 Å². The minimum absolute atomic E-state index is 0.856. The standard InChI is InChI=1S/C11H23N3O/c1-2-12-9-11(1)10-13-3-4-14-5-7-15-8-6-14/h11-13H,1-10H2. The topological polar surface area (TPSA) is 36.5 Å². The highest BCUT2D eigenvalue weighted by Crippen LogP contribution is 2.04. The summed E-state index contributed by atoms with van der Waals surface area (Å²) in [6.45, 7) is 9.90. The van der Waals surface area contributed by atoms with Gasteiger partial charge in [-0.25, -0.2) is 0 Å². The molecule has 0 saturated carbocycles. The molecule has 2 fully saturated rings. The van der Waals surface area contributed by atoms with Crippen LogP contribution >= 0.6 is 0 Å². The molecular weight excluding hydrogens is 190 g/mol. The molecule has 0 aromatic heterocycles. The van der Waals surface area contributed by atoms with Crippen LogP contribution in [0.2, 0.25) is 0 Å². The summed E-state index contributed by atoms with van der Waals surface area (Å²) in [6, 6.07) is 0. The summed E-state index contributed by atoms with van der Waals surface area (Å²) in [6.07, 6.45) is 1.34. The molecule has 2 saturated heterocycles. The Bertz CT molecular complexity index is 165. The second-order valence-corrected chi connectivity index (χ2v) is 4.52. The smallest absolute Gasteiger partial charge is 0.0594 e. The van der Waals surface area contributed by atoms with E-state index in [1.54, 1.807) is 0 Å². The molecule has 2 aliphatic rings. The average molecular weight is 213 g/mol. The number of nitrogens with zero attached hydrogens (tertiary/aromatic N) is 1. The zero-order chi connectivity index (χ0) is 10.3. The lowest BCUT2D eigenvalue weighted by molar-refractivity contribution is 0.0383. The highest BCUT2D eigenvalue weighted by Gasteiger charge is 2.14. The van der Waals surface area contributed by atoms with Crippen LogP contribution in [0, 0.1) is 5.92 Å². The second-order valence-electron chi connectivity index (χ2n) is 4.52. The lowest BCUT2D eigenvalue weighted by atomic mass is 10.1. The van der Waals surface area contributed by atoms with Crippen molar-refractivity contribution in [3.63, 3.8) is 0 Å². The first-order chi connectivity index (χ1) is 7.45. The van der Waals surface area contributed by atoms with E-state index in [1.807, 2.05) is 0 Å². The van der Waals surface area contributed by atoms with Crippen LogP contribution in [-0.2, 0) is 4.74 Å². The first-order valence-corrected chi connectivity index (χ1v) is 6.16. The molecule has 2 N–H and O–H groups in total. The fraction of sp³-hybridized carbons (Fsp3) is 1.00. The highest BCUT2D eigenvalue weighted by molar-refractivity contribution is 4.73. The number of hydrogen-bond donors (Lipinski definition) is 2. The van der Waals surface area contributed by atoms with Crippen molar-refractivity contribution in [2.24, 2.45) is 5.92 Å². The molecule has 88 valence electrons. The number of morpholine rings is 1. The largest absolute Gasteiger partial charge is 0.379 e. The fourth-order valence-electron chi connectivity index (χ4n) is 2.26. The Labute approximate surface area is 92.4 Å². The third-order valence-electron chi connectivity index (χ3n) is 3.30. The summed E-state index contributed by atoms with van der Waals surface area (Å²) < 4.78 is 5.32. The van der Waals surface area contributed by atoms with Crippen LogP contribution in [-0.4, -0.2) is 63.9 Å². The van der Waals surface area contributed by atoms with E-state index >= 15 is 0 Å². The number of ether oxygens (including phenoxy) is 1. The molecule has 0 aromatic rings. The van der Waals surface area contributed by atoms with E-state index in [-0.39, 0.29) is 0 Å². The van der Waals surface area contributed by atoms with Crippen molar-refractivity contribution in [2.45, 2.75) is 6.42 Å². The number of nitrogens with one attached hydrogen (secondary N) is 2. The molecule has 15 heavy (non-hydrogen) atoms. The molecule has 0 spiro atoms. The van der Waals surface area contributed by atoms with Gasteiger partial charge in [0.05, 0.1) is 13.2 Å². The lowest BCUT2D eigenvalue weighted by Gasteiger charge is -2.26. The van der Waals surface area contributed by atoms with Gasteiger partial charge in [-0.1, -0.05) is 0 Å². The molecule has 0 aliphatic carbocycles. The first kappa shape index (κ1) is 11.3. The normalized spacial score (nSPS) is 28.4. The van der Waals surface area contributed by atoms with Gasteiger partial charge in [-0.2, -0.15) is 0 Å². The summed E-state index contributed by atoms with van der Waals surface area (Å²) in [5.74, 6) is 0.856. The van der Waals surface area contributed by atoms with Crippen LogP contribution in [0.4, 0.5) is 0 Å². The minimum Gasteiger partial charge on any atom is -0.379 e.